The van der Waals surface area contributed by atoms with Gasteiger partial charge in [0.25, 0.3) is 0 Å². The smallest absolute Gasteiger partial charge is 0.0858 e. The number of aryl methyl sites for hydroxylation is 1. The Morgan fingerprint density at radius 2 is 2.10 bits per heavy atom. The van der Waals surface area contributed by atoms with Crippen LogP contribution in [0.2, 0.25) is 0 Å². The molecule has 5 heteroatoms. The lowest BCUT2D eigenvalue weighted by Gasteiger charge is -2.33. The van der Waals surface area contributed by atoms with E-state index in [0.29, 0.717) is 12.8 Å². The van der Waals surface area contributed by atoms with Gasteiger partial charge in [0.15, 0.2) is 0 Å². The molecule has 2 aromatic rings. The SMILES string of the molecule is Cn1ccc2cc(CO)c(C3CC(O)CC(CO)O3)cc21. The third-order valence-corrected chi connectivity index (χ3v) is 4.24. The summed E-state index contributed by atoms with van der Waals surface area (Å²) in [5, 5.41) is 30.0. The van der Waals surface area contributed by atoms with E-state index in [0.717, 1.165) is 22.0 Å². The van der Waals surface area contributed by atoms with E-state index < -0.39 is 6.10 Å². The second-order valence-electron chi connectivity index (χ2n) is 5.75. The van der Waals surface area contributed by atoms with Crippen molar-refractivity contribution in [3.05, 3.63) is 35.5 Å². The quantitative estimate of drug-likeness (QED) is 0.795. The summed E-state index contributed by atoms with van der Waals surface area (Å²) < 4.78 is 7.89. The van der Waals surface area contributed by atoms with Gasteiger partial charge in [0, 0.05) is 31.6 Å². The van der Waals surface area contributed by atoms with Crippen LogP contribution in [-0.2, 0) is 18.4 Å². The zero-order chi connectivity index (χ0) is 15.0. The van der Waals surface area contributed by atoms with E-state index in [1.54, 1.807) is 0 Å². The van der Waals surface area contributed by atoms with Gasteiger partial charge in [0.05, 0.1) is 31.5 Å². The number of aliphatic hydroxyl groups is 3. The number of benzene rings is 1. The zero-order valence-corrected chi connectivity index (χ0v) is 12.1. The molecule has 1 fully saturated rings. The molecule has 3 rings (SSSR count). The highest BCUT2D eigenvalue weighted by Gasteiger charge is 2.30. The van der Waals surface area contributed by atoms with Gasteiger partial charge in [-0.15, -0.1) is 0 Å². The fourth-order valence-corrected chi connectivity index (χ4v) is 3.12. The Morgan fingerprint density at radius 3 is 2.81 bits per heavy atom. The number of nitrogens with zero attached hydrogens (tertiary/aromatic N) is 1. The fraction of sp³-hybridized carbons (Fsp3) is 0.500. The monoisotopic (exact) mass is 291 g/mol. The first-order chi connectivity index (χ1) is 10.1. The zero-order valence-electron chi connectivity index (χ0n) is 12.1. The van der Waals surface area contributed by atoms with Crippen LogP contribution in [-0.4, -0.2) is 38.7 Å². The van der Waals surface area contributed by atoms with Gasteiger partial charge in [-0.2, -0.15) is 0 Å². The molecule has 0 bridgehead atoms. The molecule has 1 saturated heterocycles. The lowest BCUT2D eigenvalue weighted by Crippen LogP contribution is -2.33. The molecule has 0 radical (unpaired) electrons. The van der Waals surface area contributed by atoms with Gasteiger partial charge in [-0.3, -0.25) is 0 Å². The molecule has 3 unspecified atom stereocenters. The second-order valence-corrected chi connectivity index (χ2v) is 5.75. The summed E-state index contributed by atoms with van der Waals surface area (Å²) in [6.07, 6.45) is 1.77. The molecule has 1 aromatic heterocycles. The molecule has 0 spiro atoms. The Hall–Kier alpha value is -1.40. The van der Waals surface area contributed by atoms with Crippen molar-refractivity contribution in [2.75, 3.05) is 6.61 Å². The Labute approximate surface area is 123 Å². The van der Waals surface area contributed by atoms with Crippen LogP contribution in [0.25, 0.3) is 10.9 Å². The highest BCUT2D eigenvalue weighted by Crippen LogP contribution is 2.35. The molecule has 0 saturated carbocycles. The lowest BCUT2D eigenvalue weighted by atomic mass is 9.92. The number of hydrogen-bond donors (Lipinski definition) is 3. The molecule has 0 aliphatic carbocycles. The molecule has 1 aliphatic rings. The molecule has 5 nitrogen and oxygen atoms in total. The first-order valence-corrected chi connectivity index (χ1v) is 7.25. The lowest BCUT2D eigenvalue weighted by molar-refractivity contribution is -0.114. The summed E-state index contributed by atoms with van der Waals surface area (Å²) in [5.41, 5.74) is 2.76. The molecule has 114 valence electrons. The van der Waals surface area contributed by atoms with E-state index in [2.05, 4.69) is 0 Å². The summed E-state index contributed by atoms with van der Waals surface area (Å²) in [6, 6.07) is 5.98. The minimum Gasteiger partial charge on any atom is -0.394 e. The van der Waals surface area contributed by atoms with Crippen LogP contribution in [0, 0.1) is 0 Å². The topological polar surface area (TPSA) is 74.9 Å². The van der Waals surface area contributed by atoms with Crippen LogP contribution in [0.3, 0.4) is 0 Å². The van der Waals surface area contributed by atoms with Crippen molar-refractivity contribution in [3.63, 3.8) is 0 Å². The summed E-state index contributed by atoms with van der Waals surface area (Å²) >= 11 is 0. The highest BCUT2D eigenvalue weighted by molar-refractivity contribution is 5.82. The van der Waals surface area contributed by atoms with Crippen molar-refractivity contribution in [3.8, 4) is 0 Å². The largest absolute Gasteiger partial charge is 0.394 e. The molecule has 21 heavy (non-hydrogen) atoms. The van der Waals surface area contributed by atoms with Gasteiger partial charge in [-0.1, -0.05) is 0 Å². The molecular formula is C16H21NO4. The predicted octanol–water partition coefficient (Wildman–Crippen LogP) is 1.24. The molecule has 3 atom stereocenters. The first-order valence-electron chi connectivity index (χ1n) is 7.25. The third-order valence-electron chi connectivity index (χ3n) is 4.24. The van der Waals surface area contributed by atoms with E-state index >= 15 is 0 Å². The minimum atomic E-state index is -0.489. The van der Waals surface area contributed by atoms with E-state index in [4.69, 9.17) is 4.74 Å². The van der Waals surface area contributed by atoms with Gasteiger partial charge in [-0.05, 0) is 34.7 Å². The summed E-state index contributed by atoms with van der Waals surface area (Å²) in [7, 11) is 1.97. The maximum Gasteiger partial charge on any atom is 0.0858 e. The van der Waals surface area contributed by atoms with Crippen molar-refractivity contribution in [1.82, 2.24) is 4.57 Å². The number of hydrogen-bond acceptors (Lipinski definition) is 4. The number of rotatable bonds is 3. The van der Waals surface area contributed by atoms with E-state index in [9.17, 15) is 15.3 Å². The van der Waals surface area contributed by atoms with Gasteiger partial charge in [0.1, 0.15) is 0 Å². The van der Waals surface area contributed by atoms with Crippen molar-refractivity contribution in [1.29, 1.82) is 0 Å². The van der Waals surface area contributed by atoms with E-state index in [1.165, 1.54) is 0 Å². The Kier molecular flexibility index (Phi) is 3.99. The van der Waals surface area contributed by atoms with E-state index in [1.807, 2.05) is 36.0 Å². The Morgan fingerprint density at radius 1 is 1.29 bits per heavy atom. The highest BCUT2D eigenvalue weighted by atomic mass is 16.5. The normalized spacial score (nSPS) is 26.4. The molecule has 0 amide bonds. The summed E-state index contributed by atoms with van der Waals surface area (Å²) in [6.45, 7) is -0.172. The fourth-order valence-electron chi connectivity index (χ4n) is 3.12. The second kappa shape index (κ2) is 5.77. The molecule has 1 aromatic carbocycles. The predicted molar refractivity (Wildman–Crippen MR) is 78.8 cm³/mol. The van der Waals surface area contributed by atoms with Gasteiger partial charge >= 0.3 is 0 Å². The van der Waals surface area contributed by atoms with Crippen molar-refractivity contribution >= 4 is 10.9 Å². The average Bonchev–Trinajstić information content (AvgIpc) is 2.86. The van der Waals surface area contributed by atoms with Crippen molar-refractivity contribution < 1.29 is 20.1 Å². The van der Waals surface area contributed by atoms with Crippen molar-refractivity contribution in [2.24, 2.45) is 7.05 Å². The maximum atomic E-state index is 9.98. The van der Waals surface area contributed by atoms with Crippen LogP contribution >= 0.6 is 0 Å². The van der Waals surface area contributed by atoms with Crippen LogP contribution in [0.5, 0.6) is 0 Å². The minimum absolute atomic E-state index is 0.0695. The van der Waals surface area contributed by atoms with Gasteiger partial charge in [0.2, 0.25) is 0 Å². The Balaban J connectivity index is 2.03. The van der Waals surface area contributed by atoms with Crippen LogP contribution < -0.4 is 0 Å². The number of aromatic nitrogens is 1. The van der Waals surface area contributed by atoms with E-state index in [-0.39, 0.29) is 25.4 Å². The first kappa shape index (κ1) is 14.5. The standard InChI is InChI=1S/C16H21NO4/c1-17-3-2-10-4-11(8-18)14(7-15(10)17)16-6-12(20)5-13(9-19)21-16/h2-4,7,12-13,16,18-20H,5-6,8-9H2,1H3. The summed E-state index contributed by atoms with van der Waals surface area (Å²) in [4.78, 5) is 0. The van der Waals surface area contributed by atoms with Crippen LogP contribution in [0.4, 0.5) is 0 Å². The molecule has 3 N–H and O–H groups in total. The number of aliphatic hydroxyl groups excluding tert-OH is 3. The van der Waals surface area contributed by atoms with Crippen LogP contribution in [0.15, 0.2) is 24.4 Å². The summed E-state index contributed by atoms with van der Waals surface area (Å²) in [5.74, 6) is 0. The molecule has 2 heterocycles. The molecule has 1 aliphatic heterocycles. The Bertz CT molecular complexity index is 636. The molecular weight excluding hydrogens is 270 g/mol. The van der Waals surface area contributed by atoms with Crippen LogP contribution in [0.1, 0.15) is 30.1 Å². The average molecular weight is 291 g/mol. The van der Waals surface area contributed by atoms with Gasteiger partial charge < -0.3 is 24.6 Å². The van der Waals surface area contributed by atoms with Gasteiger partial charge in [-0.25, -0.2) is 0 Å². The number of fused-ring (bicyclic) bond motifs is 1. The third kappa shape index (κ3) is 2.70. The van der Waals surface area contributed by atoms with Crippen molar-refractivity contribution in [2.45, 2.75) is 37.8 Å². The maximum absolute atomic E-state index is 9.98. The number of ether oxygens (including phenoxy) is 1.